The Morgan fingerprint density at radius 1 is 1.48 bits per heavy atom. The van der Waals surface area contributed by atoms with Crippen molar-refractivity contribution in [2.24, 2.45) is 5.92 Å². The highest BCUT2D eigenvalue weighted by atomic mass is 35.5. The fourth-order valence-corrected chi connectivity index (χ4v) is 1.95. The van der Waals surface area contributed by atoms with Gasteiger partial charge in [0, 0.05) is 6.20 Å². The van der Waals surface area contributed by atoms with Gasteiger partial charge in [-0.1, -0.05) is 25.4 Å². The highest BCUT2D eigenvalue weighted by Crippen LogP contribution is 2.22. The van der Waals surface area contributed by atoms with Crippen molar-refractivity contribution in [1.82, 2.24) is 10.3 Å². The molecule has 116 valence electrons. The third-order valence-corrected chi connectivity index (χ3v) is 2.93. The van der Waals surface area contributed by atoms with Gasteiger partial charge in [-0.2, -0.15) is 0 Å². The fraction of sp³-hybridized carbons (Fsp3) is 0.500. The molecule has 0 fully saturated rings. The summed E-state index contributed by atoms with van der Waals surface area (Å²) in [6.45, 7) is 5.98. The van der Waals surface area contributed by atoms with Crippen LogP contribution in [0.3, 0.4) is 0 Å². The van der Waals surface area contributed by atoms with Crippen LogP contribution in [0.25, 0.3) is 0 Å². The number of pyridine rings is 1. The maximum absolute atomic E-state index is 12.0. The highest BCUT2D eigenvalue weighted by Gasteiger charge is 2.22. The van der Waals surface area contributed by atoms with Crippen LogP contribution in [0.1, 0.15) is 37.6 Å². The Kier molecular flexibility index (Phi) is 6.42. The van der Waals surface area contributed by atoms with E-state index in [-0.39, 0.29) is 22.4 Å². The minimum Gasteiger partial charge on any atom is -0.480 e. The largest absolute Gasteiger partial charge is 0.480 e. The molecular weight excluding hydrogens is 296 g/mol. The van der Waals surface area contributed by atoms with Crippen molar-refractivity contribution in [3.05, 3.63) is 22.8 Å². The smallest absolute Gasteiger partial charge is 0.326 e. The maximum Gasteiger partial charge on any atom is 0.326 e. The van der Waals surface area contributed by atoms with Gasteiger partial charge in [0.2, 0.25) is 5.88 Å². The summed E-state index contributed by atoms with van der Waals surface area (Å²) in [5, 5.41) is 11.8. The summed E-state index contributed by atoms with van der Waals surface area (Å²) in [6, 6.07) is 0.464. The van der Waals surface area contributed by atoms with Crippen LogP contribution < -0.4 is 10.1 Å². The summed E-state index contributed by atoms with van der Waals surface area (Å²) in [4.78, 5) is 27.1. The standard InChI is InChI=1S/C14H19ClN2O4/c1-4-21-13-10(15)6-9(7-16-13)12(18)17-11(14(19)20)5-8(2)3/h6-8,11H,4-5H2,1-3H3,(H,17,18)(H,19,20)/t11-/m1/s1. The summed E-state index contributed by atoms with van der Waals surface area (Å²) in [6.07, 6.45) is 1.65. The van der Waals surface area contributed by atoms with Crippen LogP contribution >= 0.6 is 11.6 Å². The number of carbonyl (C=O) groups is 2. The van der Waals surface area contributed by atoms with Crippen LogP contribution in [0, 0.1) is 5.92 Å². The minimum absolute atomic E-state index is 0.147. The van der Waals surface area contributed by atoms with Crippen molar-refractivity contribution in [2.45, 2.75) is 33.2 Å². The van der Waals surface area contributed by atoms with Gasteiger partial charge in [0.1, 0.15) is 11.1 Å². The van der Waals surface area contributed by atoms with Crippen LogP contribution in [0.4, 0.5) is 0 Å². The van der Waals surface area contributed by atoms with Gasteiger partial charge in [-0.05, 0) is 25.3 Å². The predicted octanol–water partition coefficient (Wildman–Crippen LogP) is 2.36. The average molecular weight is 315 g/mol. The third kappa shape index (κ3) is 5.23. The molecule has 1 aromatic heterocycles. The molecule has 0 aliphatic carbocycles. The van der Waals surface area contributed by atoms with Crippen molar-refractivity contribution in [2.75, 3.05) is 6.61 Å². The van der Waals surface area contributed by atoms with E-state index < -0.39 is 17.9 Å². The zero-order valence-corrected chi connectivity index (χ0v) is 13.0. The Labute approximate surface area is 128 Å². The van der Waals surface area contributed by atoms with Crippen LogP contribution in [0.2, 0.25) is 5.02 Å². The van der Waals surface area contributed by atoms with E-state index in [1.807, 2.05) is 13.8 Å². The second-order valence-corrected chi connectivity index (χ2v) is 5.35. The molecule has 0 aliphatic heterocycles. The lowest BCUT2D eigenvalue weighted by atomic mass is 10.0. The monoisotopic (exact) mass is 314 g/mol. The number of carboxylic acid groups (broad SMARTS) is 1. The van der Waals surface area contributed by atoms with Crippen LogP contribution in [0.15, 0.2) is 12.3 Å². The lowest BCUT2D eigenvalue weighted by molar-refractivity contribution is -0.139. The lowest BCUT2D eigenvalue weighted by Crippen LogP contribution is -2.41. The Hall–Kier alpha value is -1.82. The first-order chi connectivity index (χ1) is 9.85. The van der Waals surface area contributed by atoms with Gasteiger partial charge in [0.05, 0.1) is 12.2 Å². The Bertz CT molecular complexity index is 520. The summed E-state index contributed by atoms with van der Waals surface area (Å²) < 4.78 is 5.17. The second kappa shape index (κ2) is 7.83. The van der Waals surface area contributed by atoms with Gasteiger partial charge in [-0.15, -0.1) is 0 Å². The van der Waals surface area contributed by atoms with Crippen molar-refractivity contribution in [3.8, 4) is 5.88 Å². The summed E-state index contributed by atoms with van der Waals surface area (Å²) in [7, 11) is 0. The zero-order chi connectivity index (χ0) is 16.0. The SMILES string of the molecule is CCOc1ncc(C(=O)N[C@H](CC(C)C)C(=O)O)cc1Cl. The van der Waals surface area contributed by atoms with E-state index >= 15 is 0 Å². The van der Waals surface area contributed by atoms with Gasteiger partial charge in [-0.25, -0.2) is 9.78 Å². The summed E-state index contributed by atoms with van der Waals surface area (Å²) >= 11 is 5.95. The molecule has 1 atom stereocenters. The quantitative estimate of drug-likeness (QED) is 0.806. The van der Waals surface area contributed by atoms with Gasteiger partial charge in [-0.3, -0.25) is 4.79 Å². The molecule has 1 aromatic rings. The van der Waals surface area contributed by atoms with Gasteiger partial charge in [0.25, 0.3) is 5.91 Å². The Balaban J connectivity index is 2.83. The number of aromatic nitrogens is 1. The van der Waals surface area contributed by atoms with Crippen molar-refractivity contribution < 1.29 is 19.4 Å². The van der Waals surface area contributed by atoms with E-state index in [1.165, 1.54) is 12.3 Å². The predicted molar refractivity (Wildman–Crippen MR) is 78.8 cm³/mol. The first kappa shape index (κ1) is 17.2. The average Bonchev–Trinajstić information content (AvgIpc) is 2.39. The Morgan fingerprint density at radius 3 is 2.62 bits per heavy atom. The molecule has 1 rings (SSSR count). The van der Waals surface area contributed by atoms with E-state index in [1.54, 1.807) is 6.92 Å². The number of ether oxygens (including phenoxy) is 1. The summed E-state index contributed by atoms with van der Waals surface area (Å²) in [5.41, 5.74) is 0.193. The molecule has 1 heterocycles. The number of aliphatic carboxylic acids is 1. The van der Waals surface area contributed by atoms with E-state index in [2.05, 4.69) is 10.3 Å². The maximum atomic E-state index is 12.0. The molecule has 0 aromatic carbocycles. The van der Waals surface area contributed by atoms with Crippen LogP contribution in [0.5, 0.6) is 5.88 Å². The molecule has 6 nitrogen and oxygen atoms in total. The van der Waals surface area contributed by atoms with Crippen molar-refractivity contribution >= 4 is 23.5 Å². The normalized spacial score (nSPS) is 12.0. The molecule has 0 unspecified atom stereocenters. The molecule has 0 aliphatic rings. The second-order valence-electron chi connectivity index (χ2n) is 4.94. The number of amides is 1. The van der Waals surface area contributed by atoms with Gasteiger partial charge in [0.15, 0.2) is 0 Å². The molecule has 0 radical (unpaired) electrons. The molecule has 0 spiro atoms. The molecule has 0 saturated heterocycles. The molecule has 1 amide bonds. The van der Waals surface area contributed by atoms with Gasteiger partial charge < -0.3 is 15.2 Å². The molecule has 7 heteroatoms. The first-order valence-electron chi connectivity index (χ1n) is 6.67. The van der Waals surface area contributed by atoms with E-state index in [4.69, 9.17) is 21.4 Å². The first-order valence-corrected chi connectivity index (χ1v) is 7.05. The molecule has 0 saturated carbocycles. The van der Waals surface area contributed by atoms with Crippen LogP contribution in [-0.2, 0) is 4.79 Å². The molecule has 21 heavy (non-hydrogen) atoms. The number of nitrogens with zero attached hydrogens (tertiary/aromatic N) is 1. The molecule has 0 bridgehead atoms. The van der Waals surface area contributed by atoms with Crippen molar-refractivity contribution in [1.29, 1.82) is 0 Å². The number of carboxylic acids is 1. The van der Waals surface area contributed by atoms with Crippen LogP contribution in [-0.4, -0.2) is 34.6 Å². The number of nitrogens with one attached hydrogen (secondary N) is 1. The fourth-order valence-electron chi connectivity index (χ4n) is 1.73. The number of hydrogen-bond acceptors (Lipinski definition) is 4. The minimum atomic E-state index is -1.07. The third-order valence-electron chi connectivity index (χ3n) is 2.66. The Morgan fingerprint density at radius 2 is 2.14 bits per heavy atom. The van der Waals surface area contributed by atoms with E-state index in [9.17, 15) is 9.59 Å². The summed E-state index contributed by atoms with van der Waals surface area (Å²) in [5.74, 6) is -1.20. The number of halogens is 1. The number of carbonyl (C=O) groups excluding carboxylic acids is 1. The molecule has 2 N–H and O–H groups in total. The zero-order valence-electron chi connectivity index (χ0n) is 12.2. The highest BCUT2D eigenvalue weighted by molar-refractivity contribution is 6.32. The van der Waals surface area contributed by atoms with E-state index in [0.717, 1.165) is 0 Å². The lowest BCUT2D eigenvalue weighted by Gasteiger charge is -2.16. The van der Waals surface area contributed by atoms with Gasteiger partial charge >= 0.3 is 5.97 Å². The number of rotatable bonds is 7. The van der Waals surface area contributed by atoms with Crippen molar-refractivity contribution in [3.63, 3.8) is 0 Å². The topological polar surface area (TPSA) is 88.5 Å². The number of hydrogen-bond donors (Lipinski definition) is 2. The molecular formula is C14H19ClN2O4. The van der Waals surface area contributed by atoms with E-state index in [0.29, 0.717) is 13.0 Å².